The maximum Gasteiger partial charge on any atom is 0.416 e. The van der Waals surface area contributed by atoms with E-state index < -0.39 is 28.5 Å². The predicted molar refractivity (Wildman–Crippen MR) is 102 cm³/mol. The van der Waals surface area contributed by atoms with Gasteiger partial charge in [-0.05, 0) is 48.5 Å². The number of hydrogen-bond acceptors (Lipinski definition) is 5. The Bertz CT molecular complexity index is 1220. The van der Waals surface area contributed by atoms with Crippen molar-refractivity contribution in [2.24, 2.45) is 0 Å². The number of nitro benzene ring substituents is 1. The number of benzene rings is 3. The van der Waals surface area contributed by atoms with Crippen LogP contribution in [0.1, 0.15) is 26.3 Å². The maximum atomic E-state index is 13.0. The third-order valence-corrected chi connectivity index (χ3v) is 4.57. The number of fused-ring (bicyclic) bond motifs is 1. The summed E-state index contributed by atoms with van der Waals surface area (Å²) in [4.78, 5) is 36.3. The van der Waals surface area contributed by atoms with Crippen molar-refractivity contribution in [1.82, 2.24) is 0 Å². The highest BCUT2D eigenvalue weighted by Crippen LogP contribution is 2.36. The largest absolute Gasteiger partial charge is 0.457 e. The summed E-state index contributed by atoms with van der Waals surface area (Å²) in [6, 6.07) is 13.2. The lowest BCUT2D eigenvalue weighted by molar-refractivity contribution is -0.384. The molecule has 0 radical (unpaired) electrons. The fourth-order valence-electron chi connectivity index (χ4n) is 3.11. The number of anilines is 1. The second-order valence-electron chi connectivity index (χ2n) is 6.55. The number of ether oxygens (including phenoxy) is 1. The maximum absolute atomic E-state index is 13.0. The molecule has 2 amide bonds. The number of nitrogens with zero attached hydrogens (tertiary/aromatic N) is 2. The van der Waals surface area contributed by atoms with Crippen LogP contribution in [0.3, 0.4) is 0 Å². The van der Waals surface area contributed by atoms with Crippen LogP contribution in [0.25, 0.3) is 0 Å². The van der Waals surface area contributed by atoms with Crippen LogP contribution in [0, 0.1) is 10.1 Å². The van der Waals surface area contributed by atoms with Crippen molar-refractivity contribution in [3.8, 4) is 11.5 Å². The van der Waals surface area contributed by atoms with E-state index >= 15 is 0 Å². The Balaban J connectivity index is 1.62. The average Bonchev–Trinajstić information content (AvgIpc) is 2.98. The van der Waals surface area contributed by atoms with E-state index in [9.17, 15) is 32.9 Å². The first-order valence-corrected chi connectivity index (χ1v) is 8.77. The molecule has 0 saturated heterocycles. The standard InChI is InChI=1S/C21H11F3N2O5/c22-21(23,24)12-2-1-3-14(10-12)25-19(27)17-9-8-16(11-18(17)20(25)28)31-15-6-4-13(5-7-15)26(29)30/h1-11H. The normalized spacial score (nSPS) is 13.3. The highest BCUT2D eigenvalue weighted by atomic mass is 19.4. The SMILES string of the molecule is O=C1c2ccc(Oc3ccc([N+](=O)[O-])cc3)cc2C(=O)N1c1cccc(C(F)(F)F)c1. The third kappa shape index (κ3) is 3.70. The molecule has 1 aliphatic heterocycles. The Hall–Kier alpha value is -4.21. The van der Waals surface area contributed by atoms with Crippen molar-refractivity contribution < 1.29 is 32.4 Å². The first kappa shape index (κ1) is 20.1. The number of non-ortho nitro benzene ring substituents is 1. The summed E-state index contributed by atoms with van der Waals surface area (Å²) in [6.45, 7) is 0. The summed E-state index contributed by atoms with van der Waals surface area (Å²) < 4.78 is 44.6. The number of amides is 2. The number of carbonyl (C=O) groups is 2. The lowest BCUT2D eigenvalue weighted by atomic mass is 10.1. The van der Waals surface area contributed by atoms with Crippen LogP contribution in [0.5, 0.6) is 11.5 Å². The lowest BCUT2D eigenvalue weighted by Crippen LogP contribution is -2.29. The van der Waals surface area contributed by atoms with Crippen LogP contribution in [0.2, 0.25) is 0 Å². The van der Waals surface area contributed by atoms with Gasteiger partial charge in [0.05, 0.1) is 27.3 Å². The van der Waals surface area contributed by atoms with Gasteiger partial charge in [0.25, 0.3) is 17.5 Å². The summed E-state index contributed by atoms with van der Waals surface area (Å²) in [6.07, 6.45) is -4.62. The summed E-state index contributed by atoms with van der Waals surface area (Å²) in [5, 5.41) is 10.7. The number of halogens is 3. The van der Waals surface area contributed by atoms with Crippen LogP contribution in [0.4, 0.5) is 24.5 Å². The molecule has 0 saturated carbocycles. The molecule has 0 aliphatic carbocycles. The zero-order valence-electron chi connectivity index (χ0n) is 15.4. The van der Waals surface area contributed by atoms with Gasteiger partial charge in [0.15, 0.2) is 0 Å². The second kappa shape index (κ2) is 7.24. The monoisotopic (exact) mass is 428 g/mol. The summed E-state index contributed by atoms with van der Waals surface area (Å²) in [5.74, 6) is -1.09. The molecule has 1 heterocycles. The molecule has 0 unspecified atom stereocenters. The van der Waals surface area contributed by atoms with Crippen LogP contribution >= 0.6 is 0 Å². The molecule has 3 aromatic carbocycles. The molecule has 3 aromatic rings. The molecule has 0 N–H and O–H groups in total. The Morgan fingerprint density at radius 2 is 1.48 bits per heavy atom. The molecular weight excluding hydrogens is 417 g/mol. The lowest BCUT2D eigenvalue weighted by Gasteiger charge is -2.16. The van der Waals surface area contributed by atoms with Gasteiger partial charge < -0.3 is 4.74 Å². The molecule has 0 bridgehead atoms. The number of alkyl halides is 3. The Morgan fingerprint density at radius 1 is 0.839 bits per heavy atom. The smallest absolute Gasteiger partial charge is 0.416 e. The molecule has 4 rings (SSSR count). The van der Waals surface area contributed by atoms with Gasteiger partial charge in [-0.15, -0.1) is 0 Å². The van der Waals surface area contributed by atoms with Crippen LogP contribution in [-0.4, -0.2) is 16.7 Å². The molecule has 7 nitrogen and oxygen atoms in total. The summed E-state index contributed by atoms with van der Waals surface area (Å²) >= 11 is 0. The van der Waals surface area contributed by atoms with E-state index in [1.54, 1.807) is 0 Å². The number of hydrogen-bond donors (Lipinski definition) is 0. The molecule has 0 atom stereocenters. The second-order valence-corrected chi connectivity index (χ2v) is 6.55. The van der Waals surface area contributed by atoms with Gasteiger partial charge in [-0.2, -0.15) is 13.2 Å². The minimum atomic E-state index is -4.62. The van der Waals surface area contributed by atoms with Gasteiger partial charge in [-0.3, -0.25) is 19.7 Å². The van der Waals surface area contributed by atoms with Crippen LogP contribution < -0.4 is 9.64 Å². The number of rotatable bonds is 4. The molecule has 156 valence electrons. The number of carbonyl (C=O) groups excluding carboxylic acids is 2. The van der Waals surface area contributed by atoms with Crippen molar-refractivity contribution in [2.75, 3.05) is 4.90 Å². The first-order chi connectivity index (χ1) is 14.6. The molecule has 10 heteroatoms. The Labute approximate surface area is 172 Å². The quantitative estimate of drug-likeness (QED) is 0.323. The molecule has 31 heavy (non-hydrogen) atoms. The van der Waals surface area contributed by atoms with Gasteiger partial charge in [-0.1, -0.05) is 6.07 Å². The van der Waals surface area contributed by atoms with Crippen LogP contribution in [-0.2, 0) is 6.18 Å². The van der Waals surface area contributed by atoms with Gasteiger partial charge in [0.1, 0.15) is 11.5 Å². The van der Waals surface area contributed by atoms with Gasteiger partial charge in [0.2, 0.25) is 0 Å². The topological polar surface area (TPSA) is 89.7 Å². The zero-order valence-corrected chi connectivity index (χ0v) is 15.4. The van der Waals surface area contributed by atoms with Crippen LogP contribution in [0.15, 0.2) is 66.7 Å². The van der Waals surface area contributed by atoms with Crippen molar-refractivity contribution in [3.05, 3.63) is 93.5 Å². The van der Waals surface area contributed by atoms with E-state index in [-0.39, 0.29) is 34.0 Å². The fourth-order valence-corrected chi connectivity index (χ4v) is 3.11. The van der Waals surface area contributed by atoms with Crippen molar-refractivity contribution >= 4 is 23.2 Å². The van der Waals surface area contributed by atoms with Gasteiger partial charge in [-0.25, -0.2) is 4.90 Å². The van der Waals surface area contributed by atoms with E-state index in [1.165, 1.54) is 48.5 Å². The van der Waals surface area contributed by atoms with Gasteiger partial charge in [0, 0.05) is 12.1 Å². The Morgan fingerprint density at radius 3 is 2.13 bits per heavy atom. The highest BCUT2D eigenvalue weighted by Gasteiger charge is 2.38. The number of imide groups is 1. The predicted octanol–water partition coefficient (Wildman–Crippen LogP) is 5.21. The van der Waals surface area contributed by atoms with Gasteiger partial charge >= 0.3 is 6.18 Å². The summed E-state index contributed by atoms with van der Waals surface area (Å²) in [7, 11) is 0. The summed E-state index contributed by atoms with van der Waals surface area (Å²) in [5.41, 5.74) is -1.30. The van der Waals surface area contributed by atoms with E-state index in [0.717, 1.165) is 18.2 Å². The third-order valence-electron chi connectivity index (χ3n) is 4.57. The number of nitro groups is 1. The van der Waals surface area contributed by atoms with E-state index in [2.05, 4.69) is 0 Å². The molecule has 0 fully saturated rings. The van der Waals surface area contributed by atoms with Crippen molar-refractivity contribution in [3.63, 3.8) is 0 Å². The Kier molecular flexibility index (Phi) is 4.69. The molecule has 0 aromatic heterocycles. The first-order valence-electron chi connectivity index (χ1n) is 8.77. The molecule has 0 spiro atoms. The highest BCUT2D eigenvalue weighted by molar-refractivity contribution is 6.34. The van der Waals surface area contributed by atoms with E-state index in [1.807, 2.05) is 0 Å². The molecular formula is C21H11F3N2O5. The van der Waals surface area contributed by atoms with Crippen molar-refractivity contribution in [2.45, 2.75) is 6.18 Å². The van der Waals surface area contributed by atoms with E-state index in [4.69, 9.17) is 4.74 Å². The fraction of sp³-hybridized carbons (Fsp3) is 0.0476. The average molecular weight is 428 g/mol. The van der Waals surface area contributed by atoms with E-state index in [0.29, 0.717) is 4.90 Å². The molecule has 1 aliphatic rings. The minimum absolute atomic E-state index is 0.0261. The minimum Gasteiger partial charge on any atom is -0.457 e. The zero-order chi connectivity index (χ0) is 22.3. The van der Waals surface area contributed by atoms with Crippen molar-refractivity contribution in [1.29, 1.82) is 0 Å².